The van der Waals surface area contributed by atoms with Crippen LogP contribution < -0.4 is 15.4 Å². The molecule has 2 aromatic carbocycles. The molecule has 8 heteroatoms. The topological polar surface area (TPSA) is 76.7 Å². The normalized spacial score (nSPS) is 10.0. The summed E-state index contributed by atoms with van der Waals surface area (Å²) in [4.78, 5) is 23.3. The summed E-state index contributed by atoms with van der Waals surface area (Å²) < 4.78 is 22.9. The Morgan fingerprint density at radius 2 is 2.00 bits per heavy atom. The largest absolute Gasteiger partial charge is 0.490 e. The maximum absolute atomic E-state index is 12.9. The summed E-state index contributed by atoms with van der Waals surface area (Å²) in [5.41, 5.74) is 0.775. The van der Waals surface area contributed by atoms with E-state index in [4.69, 9.17) is 16.3 Å². The first-order chi connectivity index (χ1) is 12.0. The SMILES string of the molecule is COC(=O)c1cccc(NC(=O)NCCOc2ccc(F)cc2Cl)c1. The molecule has 0 radical (unpaired) electrons. The standard InChI is InChI=1S/C17H16ClFN2O4/c1-24-16(22)11-3-2-4-13(9-11)21-17(23)20-7-8-25-15-6-5-12(19)10-14(15)18/h2-6,9-10H,7-8H2,1H3,(H2,20,21,23). The van der Waals surface area contributed by atoms with Gasteiger partial charge in [-0.2, -0.15) is 0 Å². The van der Waals surface area contributed by atoms with E-state index in [1.807, 2.05) is 0 Å². The zero-order valence-electron chi connectivity index (χ0n) is 13.3. The Hall–Kier alpha value is -2.80. The number of carbonyl (C=O) groups is 2. The van der Waals surface area contributed by atoms with Gasteiger partial charge in [-0.3, -0.25) is 0 Å². The number of anilines is 1. The number of hydrogen-bond donors (Lipinski definition) is 2. The third kappa shape index (κ3) is 5.65. The first-order valence-corrected chi connectivity index (χ1v) is 7.68. The molecule has 2 rings (SSSR count). The highest BCUT2D eigenvalue weighted by Crippen LogP contribution is 2.24. The number of halogens is 2. The van der Waals surface area contributed by atoms with Crippen molar-refractivity contribution in [1.29, 1.82) is 0 Å². The highest BCUT2D eigenvalue weighted by molar-refractivity contribution is 6.32. The van der Waals surface area contributed by atoms with Gasteiger partial charge in [0.25, 0.3) is 0 Å². The number of hydrogen-bond acceptors (Lipinski definition) is 4. The van der Waals surface area contributed by atoms with Crippen LogP contribution in [0.15, 0.2) is 42.5 Å². The van der Waals surface area contributed by atoms with Crippen LogP contribution in [0.5, 0.6) is 5.75 Å². The molecule has 0 aliphatic rings. The van der Waals surface area contributed by atoms with Crippen LogP contribution in [-0.2, 0) is 4.74 Å². The molecule has 2 amide bonds. The van der Waals surface area contributed by atoms with E-state index in [0.717, 1.165) is 6.07 Å². The maximum Gasteiger partial charge on any atom is 0.337 e. The van der Waals surface area contributed by atoms with Gasteiger partial charge < -0.3 is 20.1 Å². The van der Waals surface area contributed by atoms with Crippen molar-refractivity contribution >= 4 is 29.3 Å². The number of urea groups is 1. The van der Waals surface area contributed by atoms with Crippen molar-refractivity contribution in [2.45, 2.75) is 0 Å². The van der Waals surface area contributed by atoms with Crippen molar-refractivity contribution in [1.82, 2.24) is 5.32 Å². The fourth-order valence-electron chi connectivity index (χ4n) is 1.93. The Bertz CT molecular complexity index is 770. The molecule has 0 fully saturated rings. The summed E-state index contributed by atoms with van der Waals surface area (Å²) in [5, 5.41) is 5.33. The Morgan fingerprint density at radius 3 is 2.72 bits per heavy atom. The summed E-state index contributed by atoms with van der Waals surface area (Å²) in [6, 6.07) is 9.67. The fourth-order valence-corrected chi connectivity index (χ4v) is 2.16. The van der Waals surface area contributed by atoms with Crippen LogP contribution in [0.4, 0.5) is 14.9 Å². The highest BCUT2D eigenvalue weighted by atomic mass is 35.5. The number of ether oxygens (including phenoxy) is 2. The molecule has 0 bridgehead atoms. The smallest absolute Gasteiger partial charge is 0.337 e. The van der Waals surface area contributed by atoms with E-state index in [9.17, 15) is 14.0 Å². The van der Waals surface area contributed by atoms with Gasteiger partial charge in [-0.15, -0.1) is 0 Å². The average Bonchev–Trinajstić information content (AvgIpc) is 2.59. The molecule has 6 nitrogen and oxygen atoms in total. The number of methoxy groups -OCH3 is 1. The summed E-state index contributed by atoms with van der Waals surface area (Å²) in [5.74, 6) is -0.617. The molecular weight excluding hydrogens is 351 g/mol. The van der Waals surface area contributed by atoms with Crippen LogP contribution in [0.2, 0.25) is 5.02 Å². The van der Waals surface area contributed by atoms with E-state index in [-0.39, 0.29) is 18.2 Å². The lowest BCUT2D eigenvalue weighted by molar-refractivity contribution is 0.0600. The molecule has 0 heterocycles. The minimum absolute atomic E-state index is 0.154. The molecule has 0 atom stereocenters. The van der Waals surface area contributed by atoms with Gasteiger partial charge in [-0.05, 0) is 36.4 Å². The number of amides is 2. The molecule has 2 N–H and O–H groups in total. The van der Waals surface area contributed by atoms with E-state index in [1.165, 1.54) is 25.3 Å². The Morgan fingerprint density at radius 1 is 1.20 bits per heavy atom. The van der Waals surface area contributed by atoms with Gasteiger partial charge >= 0.3 is 12.0 Å². The van der Waals surface area contributed by atoms with E-state index in [2.05, 4.69) is 15.4 Å². The molecule has 0 saturated heterocycles. The van der Waals surface area contributed by atoms with Crippen LogP contribution in [0, 0.1) is 5.82 Å². The second-order valence-electron chi connectivity index (χ2n) is 4.88. The molecule has 0 aliphatic carbocycles. The molecule has 132 valence electrons. The van der Waals surface area contributed by atoms with Crippen molar-refractivity contribution in [3.63, 3.8) is 0 Å². The fraction of sp³-hybridized carbons (Fsp3) is 0.176. The summed E-state index contributed by atoms with van der Waals surface area (Å²) in [6.07, 6.45) is 0. The first-order valence-electron chi connectivity index (χ1n) is 7.30. The highest BCUT2D eigenvalue weighted by Gasteiger charge is 2.08. The second kappa shape index (κ2) is 8.89. The zero-order chi connectivity index (χ0) is 18.2. The molecule has 0 saturated carbocycles. The molecule has 0 unspecified atom stereocenters. The summed E-state index contributed by atoms with van der Waals surface area (Å²) in [7, 11) is 1.28. The number of carbonyl (C=O) groups excluding carboxylic acids is 2. The third-order valence-corrected chi connectivity index (χ3v) is 3.38. The van der Waals surface area contributed by atoms with Crippen molar-refractivity contribution in [3.05, 3.63) is 58.9 Å². The molecule has 0 aliphatic heterocycles. The van der Waals surface area contributed by atoms with Crippen LogP contribution in [0.25, 0.3) is 0 Å². The summed E-state index contributed by atoms with van der Waals surface area (Å²) in [6.45, 7) is 0.358. The molecular formula is C17H16ClFN2O4. The van der Waals surface area contributed by atoms with Gasteiger partial charge in [0, 0.05) is 5.69 Å². The van der Waals surface area contributed by atoms with Crippen LogP contribution >= 0.6 is 11.6 Å². The number of nitrogens with one attached hydrogen (secondary N) is 2. The third-order valence-electron chi connectivity index (χ3n) is 3.08. The van der Waals surface area contributed by atoms with Crippen LogP contribution in [0.1, 0.15) is 10.4 Å². The summed E-state index contributed by atoms with van der Waals surface area (Å²) >= 11 is 5.83. The van der Waals surface area contributed by atoms with Gasteiger partial charge in [0.1, 0.15) is 18.2 Å². The van der Waals surface area contributed by atoms with Crippen molar-refractivity contribution in [2.75, 3.05) is 25.6 Å². The van der Waals surface area contributed by atoms with E-state index >= 15 is 0 Å². The van der Waals surface area contributed by atoms with Crippen molar-refractivity contribution in [2.24, 2.45) is 0 Å². The van der Waals surface area contributed by atoms with Gasteiger partial charge in [0.2, 0.25) is 0 Å². The lowest BCUT2D eigenvalue weighted by Crippen LogP contribution is -2.32. The predicted octanol–water partition coefficient (Wildman–Crippen LogP) is 3.47. The predicted molar refractivity (Wildman–Crippen MR) is 91.7 cm³/mol. The quantitative estimate of drug-likeness (QED) is 0.606. The van der Waals surface area contributed by atoms with Gasteiger partial charge in [0.05, 0.1) is 24.2 Å². The monoisotopic (exact) mass is 366 g/mol. The van der Waals surface area contributed by atoms with Gasteiger partial charge in [-0.1, -0.05) is 17.7 Å². The Kier molecular flexibility index (Phi) is 6.59. The Balaban J connectivity index is 1.78. The van der Waals surface area contributed by atoms with Crippen LogP contribution in [0.3, 0.4) is 0 Å². The Labute approximate surface area is 148 Å². The number of benzene rings is 2. The average molecular weight is 367 g/mol. The molecule has 2 aromatic rings. The lowest BCUT2D eigenvalue weighted by Gasteiger charge is -2.10. The van der Waals surface area contributed by atoms with Crippen LogP contribution in [-0.4, -0.2) is 32.3 Å². The van der Waals surface area contributed by atoms with E-state index < -0.39 is 17.8 Å². The molecule has 25 heavy (non-hydrogen) atoms. The zero-order valence-corrected chi connectivity index (χ0v) is 14.1. The molecule has 0 aromatic heterocycles. The lowest BCUT2D eigenvalue weighted by atomic mass is 10.2. The van der Waals surface area contributed by atoms with Crippen molar-refractivity contribution in [3.8, 4) is 5.75 Å². The molecule has 0 spiro atoms. The number of esters is 1. The maximum atomic E-state index is 12.9. The van der Waals surface area contributed by atoms with E-state index in [0.29, 0.717) is 17.0 Å². The van der Waals surface area contributed by atoms with Gasteiger partial charge in [0.15, 0.2) is 0 Å². The van der Waals surface area contributed by atoms with Gasteiger partial charge in [-0.25, -0.2) is 14.0 Å². The minimum Gasteiger partial charge on any atom is -0.490 e. The minimum atomic E-state index is -0.492. The first kappa shape index (κ1) is 18.5. The number of rotatable bonds is 6. The van der Waals surface area contributed by atoms with E-state index in [1.54, 1.807) is 18.2 Å². The van der Waals surface area contributed by atoms with Crippen molar-refractivity contribution < 1.29 is 23.5 Å². The second-order valence-corrected chi connectivity index (χ2v) is 5.28.